The SMILES string of the molecule is NCCc1nnc(NCC(=O)N2CCCCC2)o1. The zero-order valence-electron chi connectivity index (χ0n) is 10.4. The molecule has 1 fully saturated rings. The van der Waals surface area contributed by atoms with Crippen molar-refractivity contribution in [3.63, 3.8) is 0 Å². The van der Waals surface area contributed by atoms with Crippen LogP contribution >= 0.6 is 0 Å². The Morgan fingerprint density at radius 1 is 1.33 bits per heavy atom. The maximum absolute atomic E-state index is 11.9. The molecule has 100 valence electrons. The minimum Gasteiger partial charge on any atom is -0.408 e. The Balaban J connectivity index is 1.77. The van der Waals surface area contributed by atoms with Gasteiger partial charge in [0.1, 0.15) is 0 Å². The molecule has 0 atom stereocenters. The molecule has 7 heteroatoms. The molecule has 0 unspecified atom stereocenters. The van der Waals surface area contributed by atoms with Gasteiger partial charge in [0.15, 0.2) is 0 Å². The summed E-state index contributed by atoms with van der Waals surface area (Å²) in [7, 11) is 0. The van der Waals surface area contributed by atoms with Crippen LogP contribution in [0.15, 0.2) is 4.42 Å². The van der Waals surface area contributed by atoms with Gasteiger partial charge >= 0.3 is 6.01 Å². The number of likely N-dealkylation sites (tertiary alicyclic amines) is 1. The van der Waals surface area contributed by atoms with Crippen LogP contribution in [0.4, 0.5) is 6.01 Å². The van der Waals surface area contributed by atoms with Gasteiger partial charge in [-0.25, -0.2) is 0 Å². The van der Waals surface area contributed by atoms with Gasteiger partial charge in [-0.05, 0) is 19.3 Å². The van der Waals surface area contributed by atoms with Gasteiger partial charge in [0.05, 0.1) is 6.54 Å². The highest BCUT2D eigenvalue weighted by Crippen LogP contribution is 2.09. The number of carbonyl (C=O) groups excluding carboxylic acids is 1. The first-order chi connectivity index (χ1) is 8.79. The highest BCUT2D eigenvalue weighted by atomic mass is 16.4. The van der Waals surface area contributed by atoms with E-state index < -0.39 is 0 Å². The molecule has 1 aliphatic heterocycles. The fourth-order valence-electron chi connectivity index (χ4n) is 1.96. The standard InChI is InChI=1S/C11H19N5O2/c12-5-4-9-14-15-11(18-9)13-8-10(17)16-6-2-1-3-7-16/h1-8,12H2,(H,13,15). The van der Waals surface area contributed by atoms with Crippen molar-refractivity contribution in [2.75, 3.05) is 31.5 Å². The highest BCUT2D eigenvalue weighted by molar-refractivity contribution is 5.80. The van der Waals surface area contributed by atoms with Crippen molar-refractivity contribution in [2.24, 2.45) is 5.73 Å². The molecule has 1 aromatic heterocycles. The third kappa shape index (κ3) is 3.43. The van der Waals surface area contributed by atoms with Crippen molar-refractivity contribution in [2.45, 2.75) is 25.7 Å². The number of nitrogens with one attached hydrogen (secondary N) is 1. The Kier molecular flexibility index (Phi) is 4.52. The number of anilines is 1. The monoisotopic (exact) mass is 253 g/mol. The van der Waals surface area contributed by atoms with E-state index in [1.165, 1.54) is 6.42 Å². The van der Waals surface area contributed by atoms with Crippen LogP contribution in [0.3, 0.4) is 0 Å². The Bertz CT molecular complexity index is 387. The summed E-state index contributed by atoms with van der Waals surface area (Å²) in [6, 6.07) is 0.281. The number of piperidine rings is 1. The summed E-state index contributed by atoms with van der Waals surface area (Å²) in [5.41, 5.74) is 5.38. The molecule has 0 spiro atoms. The van der Waals surface area contributed by atoms with Gasteiger partial charge in [-0.1, -0.05) is 5.10 Å². The maximum atomic E-state index is 11.9. The maximum Gasteiger partial charge on any atom is 0.315 e. The molecule has 0 saturated carbocycles. The number of hydrogen-bond donors (Lipinski definition) is 2. The molecule has 3 N–H and O–H groups in total. The van der Waals surface area contributed by atoms with Crippen molar-refractivity contribution in [3.05, 3.63) is 5.89 Å². The van der Waals surface area contributed by atoms with Gasteiger partial charge < -0.3 is 20.4 Å². The topological polar surface area (TPSA) is 97.3 Å². The van der Waals surface area contributed by atoms with Crippen LogP contribution in [0.5, 0.6) is 0 Å². The van der Waals surface area contributed by atoms with Gasteiger partial charge in [-0.15, -0.1) is 5.10 Å². The van der Waals surface area contributed by atoms with Gasteiger partial charge in [-0.3, -0.25) is 4.79 Å². The lowest BCUT2D eigenvalue weighted by atomic mass is 10.1. The van der Waals surface area contributed by atoms with Crippen LogP contribution in [0.25, 0.3) is 0 Å². The molecule has 1 aromatic rings. The van der Waals surface area contributed by atoms with E-state index in [0.29, 0.717) is 18.9 Å². The molecule has 0 aliphatic carbocycles. The van der Waals surface area contributed by atoms with Gasteiger partial charge in [-0.2, -0.15) is 0 Å². The van der Waals surface area contributed by atoms with Crippen LogP contribution in [0.1, 0.15) is 25.2 Å². The first kappa shape index (κ1) is 12.8. The molecule has 1 amide bonds. The second-order valence-electron chi connectivity index (χ2n) is 4.33. The molecule has 0 bridgehead atoms. The van der Waals surface area contributed by atoms with Crippen LogP contribution in [-0.4, -0.2) is 47.2 Å². The number of carbonyl (C=O) groups is 1. The summed E-state index contributed by atoms with van der Waals surface area (Å²) in [5.74, 6) is 0.568. The lowest BCUT2D eigenvalue weighted by molar-refractivity contribution is -0.130. The normalized spacial score (nSPS) is 15.7. The highest BCUT2D eigenvalue weighted by Gasteiger charge is 2.16. The summed E-state index contributed by atoms with van der Waals surface area (Å²) in [4.78, 5) is 13.7. The van der Waals surface area contributed by atoms with Crippen molar-refractivity contribution in [1.29, 1.82) is 0 Å². The summed E-state index contributed by atoms with van der Waals surface area (Å²) >= 11 is 0. The molecule has 1 aliphatic rings. The molecule has 7 nitrogen and oxygen atoms in total. The first-order valence-electron chi connectivity index (χ1n) is 6.33. The number of aromatic nitrogens is 2. The Hall–Kier alpha value is -1.63. The largest absolute Gasteiger partial charge is 0.408 e. The number of amides is 1. The number of nitrogens with two attached hydrogens (primary N) is 1. The van der Waals surface area contributed by atoms with Crippen LogP contribution in [0.2, 0.25) is 0 Å². The average Bonchev–Trinajstić information content (AvgIpc) is 2.85. The van der Waals surface area contributed by atoms with E-state index in [2.05, 4.69) is 15.5 Å². The lowest BCUT2D eigenvalue weighted by Crippen LogP contribution is -2.39. The second kappa shape index (κ2) is 6.34. The molecule has 18 heavy (non-hydrogen) atoms. The Labute approximate surface area is 106 Å². The smallest absolute Gasteiger partial charge is 0.315 e. The van der Waals surface area contributed by atoms with Gasteiger partial charge in [0.25, 0.3) is 0 Å². The molecular weight excluding hydrogens is 234 g/mol. The summed E-state index contributed by atoms with van der Waals surface area (Å²) in [6.07, 6.45) is 3.94. The summed E-state index contributed by atoms with van der Waals surface area (Å²) in [5, 5.41) is 10.5. The van der Waals surface area contributed by atoms with Gasteiger partial charge in [0, 0.05) is 26.1 Å². The zero-order valence-corrected chi connectivity index (χ0v) is 10.4. The van der Waals surface area contributed by atoms with E-state index in [9.17, 15) is 4.79 Å². The molecule has 1 saturated heterocycles. The van der Waals surface area contributed by atoms with E-state index in [1.807, 2.05) is 4.90 Å². The van der Waals surface area contributed by atoms with Crippen LogP contribution in [0, 0.1) is 0 Å². The molecule has 0 radical (unpaired) electrons. The fourth-order valence-corrected chi connectivity index (χ4v) is 1.96. The third-order valence-corrected chi connectivity index (χ3v) is 2.92. The Morgan fingerprint density at radius 2 is 2.11 bits per heavy atom. The van der Waals surface area contributed by atoms with E-state index >= 15 is 0 Å². The first-order valence-corrected chi connectivity index (χ1v) is 6.33. The predicted octanol–water partition coefficient (Wildman–Crippen LogP) is -0.00480. The Morgan fingerprint density at radius 3 is 2.83 bits per heavy atom. The van der Waals surface area contributed by atoms with Crippen molar-refractivity contribution in [1.82, 2.24) is 15.1 Å². The second-order valence-corrected chi connectivity index (χ2v) is 4.33. The summed E-state index contributed by atoms with van der Waals surface area (Å²) < 4.78 is 5.28. The van der Waals surface area contributed by atoms with E-state index in [0.717, 1.165) is 25.9 Å². The average molecular weight is 253 g/mol. The van der Waals surface area contributed by atoms with E-state index in [-0.39, 0.29) is 18.5 Å². The molecule has 2 heterocycles. The van der Waals surface area contributed by atoms with Crippen molar-refractivity contribution in [3.8, 4) is 0 Å². The van der Waals surface area contributed by atoms with E-state index in [4.69, 9.17) is 10.2 Å². The van der Waals surface area contributed by atoms with Gasteiger partial charge in [0.2, 0.25) is 11.8 Å². The zero-order chi connectivity index (χ0) is 12.8. The fraction of sp³-hybridized carbons (Fsp3) is 0.727. The predicted molar refractivity (Wildman–Crippen MR) is 66.0 cm³/mol. The minimum absolute atomic E-state index is 0.0771. The molecule has 0 aromatic carbocycles. The van der Waals surface area contributed by atoms with Crippen LogP contribution in [-0.2, 0) is 11.2 Å². The lowest BCUT2D eigenvalue weighted by Gasteiger charge is -2.26. The summed E-state index contributed by atoms with van der Waals surface area (Å²) in [6.45, 7) is 2.37. The van der Waals surface area contributed by atoms with Crippen LogP contribution < -0.4 is 11.1 Å². The number of nitrogens with zero attached hydrogens (tertiary/aromatic N) is 3. The number of hydrogen-bond acceptors (Lipinski definition) is 6. The third-order valence-electron chi connectivity index (χ3n) is 2.92. The van der Waals surface area contributed by atoms with Crippen molar-refractivity contribution >= 4 is 11.9 Å². The van der Waals surface area contributed by atoms with E-state index in [1.54, 1.807) is 0 Å². The minimum atomic E-state index is 0.0771. The molecular formula is C11H19N5O2. The quantitative estimate of drug-likeness (QED) is 0.766. The number of rotatable bonds is 5. The van der Waals surface area contributed by atoms with Crippen molar-refractivity contribution < 1.29 is 9.21 Å². The molecule has 2 rings (SSSR count).